The van der Waals surface area contributed by atoms with Crippen LogP contribution in [0.3, 0.4) is 0 Å². The van der Waals surface area contributed by atoms with Crippen molar-refractivity contribution in [1.82, 2.24) is 15.5 Å². The molecule has 2 aliphatic heterocycles. The molecule has 0 saturated carbocycles. The highest BCUT2D eigenvalue weighted by Crippen LogP contribution is 2.42. The van der Waals surface area contributed by atoms with Crippen LogP contribution in [0.5, 0.6) is 0 Å². The van der Waals surface area contributed by atoms with E-state index in [9.17, 15) is 4.79 Å². The van der Waals surface area contributed by atoms with Crippen LogP contribution in [0, 0.1) is 11.8 Å². The number of nitrogens with one attached hydrogen (secondary N) is 1. The molecule has 6 heteroatoms. The zero-order chi connectivity index (χ0) is 14.3. The summed E-state index contributed by atoms with van der Waals surface area (Å²) in [6.07, 6.45) is 0. The Bertz CT molecular complexity index is 514. The Morgan fingerprint density at radius 1 is 1.40 bits per heavy atom. The van der Waals surface area contributed by atoms with E-state index in [2.05, 4.69) is 39.0 Å². The maximum absolute atomic E-state index is 11.4. The summed E-state index contributed by atoms with van der Waals surface area (Å²) >= 11 is 0. The number of carbonyl (C=O) groups excluding carboxylic acids is 1. The summed E-state index contributed by atoms with van der Waals surface area (Å²) < 4.78 is 4.64. The topological polar surface area (TPSA) is 67.3 Å². The van der Waals surface area contributed by atoms with Crippen LogP contribution in [-0.4, -0.2) is 48.4 Å². The highest BCUT2D eigenvalue weighted by atomic mass is 16.5. The van der Waals surface area contributed by atoms with Crippen LogP contribution in [0.25, 0.3) is 0 Å². The predicted molar refractivity (Wildman–Crippen MR) is 74.6 cm³/mol. The van der Waals surface area contributed by atoms with Gasteiger partial charge in [0.25, 0.3) is 0 Å². The van der Waals surface area contributed by atoms with Gasteiger partial charge in [0, 0.05) is 25.2 Å². The fourth-order valence-corrected chi connectivity index (χ4v) is 3.49. The van der Waals surface area contributed by atoms with Crippen LogP contribution < -0.4 is 10.2 Å². The van der Waals surface area contributed by atoms with E-state index in [1.165, 1.54) is 7.11 Å². The van der Waals surface area contributed by atoms with Crippen molar-refractivity contribution in [2.45, 2.75) is 19.4 Å². The molecule has 0 spiro atoms. The van der Waals surface area contributed by atoms with Crippen LogP contribution in [0.2, 0.25) is 0 Å². The van der Waals surface area contributed by atoms with Crippen molar-refractivity contribution in [2.75, 3.05) is 31.6 Å². The lowest BCUT2D eigenvalue weighted by Crippen LogP contribution is -2.45. The molecule has 0 amide bonds. The molecule has 0 aromatic carbocycles. The van der Waals surface area contributed by atoms with Crippen molar-refractivity contribution < 1.29 is 9.53 Å². The molecule has 3 rings (SSSR count). The molecule has 2 unspecified atom stereocenters. The highest BCUT2D eigenvalue weighted by Gasteiger charge is 2.50. The van der Waals surface area contributed by atoms with Gasteiger partial charge in [0.1, 0.15) is 0 Å². The third-order valence-electron chi connectivity index (χ3n) is 4.68. The van der Waals surface area contributed by atoms with Gasteiger partial charge in [0.2, 0.25) is 0 Å². The molecule has 2 fully saturated rings. The molecule has 0 aliphatic carbocycles. The van der Waals surface area contributed by atoms with Crippen molar-refractivity contribution in [2.24, 2.45) is 11.8 Å². The second-order valence-corrected chi connectivity index (χ2v) is 6.06. The van der Waals surface area contributed by atoms with E-state index in [0.29, 0.717) is 11.8 Å². The van der Waals surface area contributed by atoms with E-state index >= 15 is 0 Å². The van der Waals surface area contributed by atoms with Crippen molar-refractivity contribution in [3.8, 4) is 0 Å². The fraction of sp³-hybridized carbons (Fsp3) is 0.643. The summed E-state index contributed by atoms with van der Waals surface area (Å²) in [6, 6.07) is 3.53. The molecule has 0 bridgehead atoms. The van der Waals surface area contributed by atoms with Gasteiger partial charge in [-0.1, -0.05) is 0 Å². The lowest BCUT2D eigenvalue weighted by molar-refractivity contribution is 0.0592. The fourth-order valence-electron chi connectivity index (χ4n) is 3.49. The molecule has 1 aromatic rings. The second kappa shape index (κ2) is 4.70. The second-order valence-electron chi connectivity index (χ2n) is 6.06. The minimum Gasteiger partial charge on any atom is -0.464 e. The third kappa shape index (κ3) is 1.95. The molecule has 20 heavy (non-hydrogen) atoms. The number of carbonyl (C=O) groups is 1. The van der Waals surface area contributed by atoms with E-state index in [0.717, 1.165) is 25.5 Å². The quantitative estimate of drug-likeness (QED) is 0.802. The molecule has 1 aromatic heterocycles. The molecule has 2 aliphatic rings. The van der Waals surface area contributed by atoms with Gasteiger partial charge >= 0.3 is 5.97 Å². The summed E-state index contributed by atoms with van der Waals surface area (Å²) in [4.78, 5) is 13.7. The molecule has 6 nitrogen and oxygen atoms in total. The van der Waals surface area contributed by atoms with Gasteiger partial charge in [-0.25, -0.2) is 4.79 Å². The summed E-state index contributed by atoms with van der Waals surface area (Å²) in [7, 11) is 1.34. The maximum Gasteiger partial charge on any atom is 0.358 e. The molecule has 1 N–H and O–H groups in total. The van der Waals surface area contributed by atoms with E-state index in [1.807, 2.05) is 6.07 Å². The van der Waals surface area contributed by atoms with Crippen LogP contribution >= 0.6 is 0 Å². The van der Waals surface area contributed by atoms with Crippen molar-refractivity contribution in [1.29, 1.82) is 0 Å². The van der Waals surface area contributed by atoms with Crippen molar-refractivity contribution >= 4 is 11.8 Å². The summed E-state index contributed by atoms with van der Waals surface area (Å²) in [5, 5.41) is 11.6. The lowest BCUT2D eigenvalue weighted by Gasteiger charge is -2.36. The number of hydrogen-bond donors (Lipinski definition) is 1. The first-order chi connectivity index (χ1) is 9.54. The van der Waals surface area contributed by atoms with E-state index in [-0.39, 0.29) is 11.2 Å². The number of methoxy groups -OCH3 is 1. The average molecular weight is 276 g/mol. The highest BCUT2D eigenvalue weighted by molar-refractivity contribution is 5.87. The third-order valence-corrected chi connectivity index (χ3v) is 4.68. The number of hydrogen-bond acceptors (Lipinski definition) is 6. The van der Waals surface area contributed by atoms with E-state index in [1.54, 1.807) is 6.07 Å². The number of rotatable bonds is 2. The molecule has 0 radical (unpaired) electrons. The number of ether oxygens (including phenoxy) is 1. The molecule has 2 saturated heterocycles. The van der Waals surface area contributed by atoms with E-state index in [4.69, 9.17) is 0 Å². The standard InChI is InChI=1S/C14H20N4O2/c1-14(2)10-7-15-6-9(10)8-18(14)12-5-4-11(16-17-12)13(19)20-3/h4-5,9-10,15H,6-8H2,1-3H3. The lowest BCUT2D eigenvalue weighted by atomic mass is 9.85. The minimum atomic E-state index is -0.453. The van der Waals surface area contributed by atoms with Crippen LogP contribution in [0.4, 0.5) is 5.82 Å². The number of fused-ring (bicyclic) bond motifs is 1. The van der Waals surface area contributed by atoms with E-state index < -0.39 is 5.97 Å². The maximum atomic E-state index is 11.4. The summed E-state index contributed by atoms with van der Waals surface area (Å²) in [5.74, 6) is 1.67. The Morgan fingerprint density at radius 2 is 2.20 bits per heavy atom. The van der Waals surface area contributed by atoms with Crippen LogP contribution in [0.1, 0.15) is 24.3 Å². The monoisotopic (exact) mass is 276 g/mol. The average Bonchev–Trinajstić information content (AvgIpc) is 3.01. The van der Waals surface area contributed by atoms with Crippen molar-refractivity contribution in [3.63, 3.8) is 0 Å². The smallest absolute Gasteiger partial charge is 0.358 e. The molecule has 2 atom stereocenters. The first kappa shape index (κ1) is 13.3. The zero-order valence-electron chi connectivity index (χ0n) is 12.1. The molecular weight excluding hydrogens is 256 g/mol. The summed E-state index contributed by atoms with van der Waals surface area (Å²) in [6.45, 7) is 7.61. The first-order valence-corrected chi connectivity index (χ1v) is 6.94. The Kier molecular flexibility index (Phi) is 3.12. The van der Waals surface area contributed by atoms with Gasteiger partial charge in [0.15, 0.2) is 11.5 Å². The Morgan fingerprint density at radius 3 is 2.80 bits per heavy atom. The SMILES string of the molecule is COC(=O)c1ccc(N2CC3CNCC3C2(C)C)nn1. The summed E-state index contributed by atoms with van der Waals surface area (Å²) in [5.41, 5.74) is 0.297. The van der Waals surface area contributed by atoms with Crippen LogP contribution in [0.15, 0.2) is 12.1 Å². The number of aromatic nitrogens is 2. The molecule has 3 heterocycles. The Balaban J connectivity index is 1.84. The minimum absolute atomic E-state index is 0.0512. The number of esters is 1. The predicted octanol–water partition coefficient (Wildman–Crippen LogP) is 0.697. The van der Waals surface area contributed by atoms with Crippen molar-refractivity contribution in [3.05, 3.63) is 17.8 Å². The van der Waals surface area contributed by atoms with Gasteiger partial charge < -0.3 is 15.0 Å². The zero-order valence-corrected chi connectivity index (χ0v) is 12.1. The van der Waals surface area contributed by atoms with Gasteiger partial charge in [0.05, 0.1) is 7.11 Å². The Hall–Kier alpha value is -1.69. The molecular formula is C14H20N4O2. The normalized spacial score (nSPS) is 27.4. The number of nitrogens with zero attached hydrogens (tertiary/aromatic N) is 3. The van der Waals surface area contributed by atoms with Gasteiger partial charge in [-0.2, -0.15) is 0 Å². The van der Waals surface area contributed by atoms with Gasteiger partial charge in [-0.05, 0) is 37.8 Å². The largest absolute Gasteiger partial charge is 0.464 e. The van der Waals surface area contributed by atoms with Gasteiger partial charge in [-0.3, -0.25) is 0 Å². The Labute approximate surface area is 118 Å². The molecule has 108 valence electrons. The number of anilines is 1. The van der Waals surface area contributed by atoms with Crippen LogP contribution in [-0.2, 0) is 4.74 Å². The van der Waals surface area contributed by atoms with Gasteiger partial charge in [-0.15, -0.1) is 10.2 Å². The first-order valence-electron chi connectivity index (χ1n) is 6.94.